The van der Waals surface area contributed by atoms with E-state index in [9.17, 15) is 70.6 Å². The number of hydrogen-bond donors (Lipinski definition) is 11. The number of aliphatic hydroxyl groups is 9. The maximum atomic E-state index is 13.2. The van der Waals surface area contributed by atoms with Gasteiger partial charge in [0, 0.05) is 13.1 Å². The molecule has 2 aromatic rings. The molecular formula is C43H59NO23. The van der Waals surface area contributed by atoms with Gasteiger partial charge in [0.1, 0.15) is 79.9 Å². The Morgan fingerprint density at radius 1 is 0.522 bits per heavy atom. The molecule has 0 bridgehead atoms. The summed E-state index contributed by atoms with van der Waals surface area (Å²) >= 11 is 0. The van der Waals surface area contributed by atoms with Gasteiger partial charge in [-0.3, -0.25) is 0 Å². The lowest BCUT2D eigenvalue weighted by atomic mass is 9.94. The predicted octanol–water partition coefficient (Wildman–Crippen LogP) is -2.87. The van der Waals surface area contributed by atoms with Crippen molar-refractivity contribution in [3.63, 3.8) is 0 Å². The van der Waals surface area contributed by atoms with Crippen LogP contribution in [0.4, 0.5) is 4.79 Å². The van der Waals surface area contributed by atoms with Crippen molar-refractivity contribution in [1.82, 2.24) is 4.90 Å². The Morgan fingerprint density at radius 3 is 1.51 bits per heavy atom. The number of ether oxygens (including phenoxy) is 9. The summed E-state index contributed by atoms with van der Waals surface area (Å²) in [5.41, 5.74) is 1.57. The van der Waals surface area contributed by atoms with Gasteiger partial charge < -0.3 is 104 Å². The highest BCUT2D eigenvalue weighted by Crippen LogP contribution is 2.35. The standard InChI is InChI=1S/C43H59NO23/c1-3-21-32(25(47)28(50)39(61-21)59-16-15-44(17-19-11-7-5-8-12-19)43(58)60-18-20-13-9-6-10-14-20)64-42-31(53)34(30(52)36(67-42)38(56)57)65-40-29(51)26(48)33(22(4-2)62-40)63-41-27(49)23(45)24(46)35(66-41)37(54)55/h5-14,21-36,39-42,45-53H,3-4,15-18H2,1-2H3,(H,54,55)(H,56,57)/t21?,22?,23-,24-,25+,26+,27?,28?,29?,30-,31?,32+,33+,34-,35?,36?,39+,40-,41+,42+/m0/s1. The third-order valence-corrected chi connectivity index (χ3v) is 11.9. The minimum absolute atomic E-state index is 0.0117. The summed E-state index contributed by atoms with van der Waals surface area (Å²) in [5, 5.41) is 118. The molecule has 4 saturated heterocycles. The average Bonchev–Trinajstić information content (AvgIpc) is 3.31. The Balaban J connectivity index is 1.09. The highest BCUT2D eigenvalue weighted by molar-refractivity contribution is 5.74. The van der Waals surface area contributed by atoms with Crippen molar-refractivity contribution in [3.05, 3.63) is 71.8 Å². The molecule has 4 fully saturated rings. The zero-order valence-corrected chi connectivity index (χ0v) is 36.3. The first-order valence-corrected chi connectivity index (χ1v) is 21.7. The molecule has 67 heavy (non-hydrogen) atoms. The number of aliphatic carboxylic acids is 2. The fourth-order valence-corrected chi connectivity index (χ4v) is 8.12. The van der Waals surface area contributed by atoms with Crippen LogP contribution in [0.15, 0.2) is 60.7 Å². The van der Waals surface area contributed by atoms with Gasteiger partial charge >= 0.3 is 18.0 Å². The van der Waals surface area contributed by atoms with Crippen LogP contribution in [0.3, 0.4) is 0 Å². The zero-order valence-electron chi connectivity index (χ0n) is 36.3. The second-order valence-electron chi connectivity index (χ2n) is 16.5. The van der Waals surface area contributed by atoms with Gasteiger partial charge in [0.2, 0.25) is 0 Å². The van der Waals surface area contributed by atoms with E-state index in [4.69, 9.17) is 42.6 Å². The Hall–Kier alpha value is -4.03. The van der Waals surface area contributed by atoms with Crippen LogP contribution in [0, 0.1) is 0 Å². The van der Waals surface area contributed by atoms with Crippen LogP contribution in [0.25, 0.3) is 0 Å². The van der Waals surface area contributed by atoms with Crippen molar-refractivity contribution in [2.45, 2.75) is 163 Å². The second-order valence-corrected chi connectivity index (χ2v) is 16.5. The smallest absolute Gasteiger partial charge is 0.410 e. The number of carboxylic acids is 2. The molecule has 0 saturated carbocycles. The Bertz CT molecular complexity index is 1880. The molecule has 4 heterocycles. The van der Waals surface area contributed by atoms with E-state index >= 15 is 0 Å². The van der Waals surface area contributed by atoms with Crippen LogP contribution in [-0.4, -0.2) is 215 Å². The number of carboxylic acid groups (broad SMARTS) is 2. The molecule has 24 nitrogen and oxygen atoms in total. The summed E-state index contributed by atoms with van der Waals surface area (Å²) < 4.78 is 50.9. The van der Waals surface area contributed by atoms with Crippen molar-refractivity contribution in [2.24, 2.45) is 0 Å². The number of aliphatic hydroxyl groups excluding tert-OH is 9. The SMILES string of the molecule is CCC1O[C@@H](O[C@@H]2C(O)[C@H](O[C@@H]3C(CC)O[C@@H](OCCN(Cc4ccccc4)C(=O)OCc4ccccc4)C(O)[C@H]3O)OC(C(=O)O)[C@H]2O)C(O)[C@@H](O)[C@@H]1O[C@@H]1OC(C(=O)O)[C@@H](O)[C@H](O)C1O. The number of hydrogen-bond acceptors (Lipinski definition) is 21. The van der Waals surface area contributed by atoms with Gasteiger partial charge in [-0.05, 0) is 24.0 Å². The zero-order chi connectivity index (χ0) is 48.7. The molecule has 0 radical (unpaired) electrons. The molecule has 8 unspecified atom stereocenters. The van der Waals surface area contributed by atoms with E-state index in [0.717, 1.165) is 11.1 Å². The topological polar surface area (TPSA) is 360 Å². The minimum atomic E-state index is -2.18. The highest BCUT2D eigenvalue weighted by atomic mass is 16.8. The molecule has 0 spiro atoms. The van der Waals surface area contributed by atoms with Gasteiger partial charge in [-0.1, -0.05) is 74.5 Å². The van der Waals surface area contributed by atoms with Crippen LogP contribution in [0.5, 0.6) is 0 Å². The molecule has 4 aliphatic heterocycles. The number of benzene rings is 2. The van der Waals surface area contributed by atoms with Gasteiger partial charge in [0.15, 0.2) is 37.4 Å². The maximum Gasteiger partial charge on any atom is 0.410 e. The lowest BCUT2D eigenvalue weighted by molar-refractivity contribution is -0.384. The van der Waals surface area contributed by atoms with E-state index in [2.05, 4.69) is 0 Å². The summed E-state index contributed by atoms with van der Waals surface area (Å²) in [6, 6.07) is 18.2. The molecule has 24 heteroatoms. The first kappa shape index (κ1) is 52.3. The van der Waals surface area contributed by atoms with E-state index in [1.54, 1.807) is 19.1 Å². The monoisotopic (exact) mass is 957 g/mol. The number of carbonyl (C=O) groups excluding carboxylic acids is 1. The molecule has 2 aromatic carbocycles. The van der Waals surface area contributed by atoms with Gasteiger partial charge in [-0.25, -0.2) is 14.4 Å². The number of carbonyl (C=O) groups is 3. The number of nitrogens with zero attached hydrogens (tertiary/aromatic N) is 1. The van der Waals surface area contributed by atoms with E-state index in [1.807, 2.05) is 48.5 Å². The van der Waals surface area contributed by atoms with Crippen molar-refractivity contribution < 1.29 is 113 Å². The van der Waals surface area contributed by atoms with E-state index < -0.39 is 141 Å². The van der Waals surface area contributed by atoms with Crippen LogP contribution in [0.2, 0.25) is 0 Å². The lowest BCUT2D eigenvalue weighted by Gasteiger charge is -2.49. The van der Waals surface area contributed by atoms with E-state index in [1.165, 1.54) is 11.8 Å². The molecule has 0 aromatic heterocycles. The van der Waals surface area contributed by atoms with E-state index in [0.29, 0.717) is 0 Å². The van der Waals surface area contributed by atoms with Gasteiger partial charge in [-0.2, -0.15) is 0 Å². The first-order valence-electron chi connectivity index (χ1n) is 21.7. The number of rotatable bonds is 18. The van der Waals surface area contributed by atoms with Crippen LogP contribution >= 0.6 is 0 Å². The van der Waals surface area contributed by atoms with Crippen molar-refractivity contribution in [1.29, 1.82) is 0 Å². The molecule has 11 N–H and O–H groups in total. The van der Waals surface area contributed by atoms with Crippen LogP contribution < -0.4 is 0 Å². The molecule has 20 atom stereocenters. The maximum absolute atomic E-state index is 13.2. The van der Waals surface area contributed by atoms with Gasteiger partial charge in [0.05, 0.1) is 18.8 Å². The molecular weight excluding hydrogens is 898 g/mol. The summed E-state index contributed by atoms with van der Waals surface area (Å²) in [4.78, 5) is 38.5. The van der Waals surface area contributed by atoms with Gasteiger partial charge in [0.25, 0.3) is 0 Å². The van der Waals surface area contributed by atoms with Crippen LogP contribution in [-0.2, 0) is 65.4 Å². The van der Waals surface area contributed by atoms with Gasteiger partial charge in [-0.15, -0.1) is 0 Å². The van der Waals surface area contributed by atoms with Crippen LogP contribution in [0.1, 0.15) is 37.8 Å². The second kappa shape index (κ2) is 23.5. The summed E-state index contributed by atoms with van der Waals surface area (Å²) in [6.07, 6.45) is -37.9. The Labute approximate surface area is 383 Å². The summed E-state index contributed by atoms with van der Waals surface area (Å²) in [5.74, 6) is -3.46. The molecule has 6 rings (SSSR count). The number of amides is 1. The third kappa shape index (κ3) is 12.2. The molecule has 374 valence electrons. The third-order valence-electron chi connectivity index (χ3n) is 11.9. The highest BCUT2D eigenvalue weighted by Gasteiger charge is 2.56. The molecule has 4 aliphatic rings. The van der Waals surface area contributed by atoms with Crippen molar-refractivity contribution >= 4 is 18.0 Å². The Kier molecular flexibility index (Phi) is 18.4. The first-order chi connectivity index (χ1) is 31.9. The fraction of sp³-hybridized carbons (Fsp3) is 0.651. The largest absolute Gasteiger partial charge is 0.479 e. The summed E-state index contributed by atoms with van der Waals surface area (Å²) in [6.45, 7) is 3.09. The fourth-order valence-electron chi connectivity index (χ4n) is 8.12. The Morgan fingerprint density at radius 2 is 0.970 bits per heavy atom. The average molecular weight is 958 g/mol. The van der Waals surface area contributed by atoms with Crippen molar-refractivity contribution in [2.75, 3.05) is 13.2 Å². The minimum Gasteiger partial charge on any atom is -0.479 e. The normalized spacial score (nSPS) is 39.0. The lowest BCUT2D eigenvalue weighted by Crippen LogP contribution is -2.67. The summed E-state index contributed by atoms with van der Waals surface area (Å²) in [7, 11) is 0. The molecule has 0 aliphatic carbocycles. The van der Waals surface area contributed by atoms with E-state index in [-0.39, 0.29) is 39.1 Å². The predicted molar refractivity (Wildman–Crippen MR) is 219 cm³/mol. The molecule has 1 amide bonds. The quantitative estimate of drug-likeness (QED) is 0.0715. The van der Waals surface area contributed by atoms with Crippen molar-refractivity contribution in [3.8, 4) is 0 Å².